The first-order valence-electron chi connectivity index (χ1n) is 1.59. The van der Waals surface area contributed by atoms with E-state index in [0.717, 1.165) is 0 Å². The Labute approximate surface area is 42.2 Å². The van der Waals surface area contributed by atoms with Gasteiger partial charge in [0, 0.05) is 0 Å². The average molecular weight is 172 g/mol. The molecule has 1 fully saturated rings. The quantitative estimate of drug-likeness (QED) is 0.489. The van der Waals surface area contributed by atoms with Gasteiger partial charge in [0.05, 0.1) is 0 Å². The molecule has 3 heteroatoms. The molecule has 0 aromatic carbocycles. The Balaban J connectivity index is 2.38. The third-order valence-corrected chi connectivity index (χ3v) is 7.19. The number of rotatable bonds is 0. The van der Waals surface area contributed by atoms with E-state index < -0.39 is 11.4 Å². The molecule has 1 aliphatic rings. The van der Waals surface area contributed by atoms with Crippen LogP contribution in [0.4, 0.5) is 0 Å². The van der Waals surface area contributed by atoms with Crippen molar-refractivity contribution >= 4 is 31.4 Å². The third kappa shape index (κ3) is 1.33. The molecule has 0 unspecified atom stereocenters. The molecule has 1 aliphatic heterocycles. The Hall–Kier alpha value is 1.12. The van der Waals surface area contributed by atoms with Crippen LogP contribution >= 0.6 is 20.0 Å². The Bertz CT molecular complexity index is 45.6. The monoisotopic (exact) mass is 172 g/mol. The SMILES string of the molecule is [Cl][Ge]1([Cl])[CH2][CH2]1. The predicted molar refractivity (Wildman–Crippen MR) is 27.1 cm³/mol. The molecule has 0 amide bonds. The van der Waals surface area contributed by atoms with Crippen LogP contribution in [0, 0.1) is 0 Å². The second kappa shape index (κ2) is 1.05. The zero-order chi connectivity index (χ0) is 3.91. The molecule has 1 rings (SSSR count). The van der Waals surface area contributed by atoms with Gasteiger partial charge in [-0.1, -0.05) is 0 Å². The summed E-state index contributed by atoms with van der Waals surface area (Å²) in [5.74, 6) is 0. The fourth-order valence-corrected chi connectivity index (χ4v) is 7.65. The van der Waals surface area contributed by atoms with Crippen LogP contribution in [0.3, 0.4) is 0 Å². The minimum atomic E-state index is -1.81. The van der Waals surface area contributed by atoms with Crippen molar-refractivity contribution in [2.75, 3.05) is 0 Å². The summed E-state index contributed by atoms with van der Waals surface area (Å²) in [6.45, 7) is 0. The van der Waals surface area contributed by atoms with Crippen LogP contribution in [0.5, 0.6) is 0 Å². The second-order valence-electron chi connectivity index (χ2n) is 1.36. The Kier molecular flexibility index (Phi) is 0.897. The van der Waals surface area contributed by atoms with Crippen LogP contribution < -0.4 is 0 Å². The standard InChI is InChI=1S/C2H4Cl2Ge/c3-5(4)1-2-5/h1-2H2. The van der Waals surface area contributed by atoms with Crippen LogP contribution in [-0.4, -0.2) is 11.4 Å². The number of halogens is 2. The molecule has 1 saturated heterocycles. The minimum absolute atomic E-state index is 1.17. The maximum atomic E-state index is 5.59. The molecule has 0 atom stereocenters. The molecular weight excluding hydrogens is 168 g/mol. The van der Waals surface area contributed by atoms with Crippen LogP contribution in [0.15, 0.2) is 0 Å². The topological polar surface area (TPSA) is 0 Å². The molecule has 0 saturated carbocycles. The van der Waals surface area contributed by atoms with E-state index in [4.69, 9.17) is 20.0 Å². The van der Waals surface area contributed by atoms with Crippen LogP contribution in [0.1, 0.15) is 0 Å². The number of hydrogen-bond acceptors (Lipinski definition) is 0. The summed E-state index contributed by atoms with van der Waals surface area (Å²) in [5, 5.41) is 2.34. The zero-order valence-corrected chi connectivity index (χ0v) is 6.28. The van der Waals surface area contributed by atoms with Crippen molar-refractivity contribution in [1.82, 2.24) is 0 Å². The molecular formula is C2H4Cl2Ge. The van der Waals surface area contributed by atoms with E-state index in [-0.39, 0.29) is 0 Å². The van der Waals surface area contributed by atoms with Crippen molar-refractivity contribution in [2.45, 2.75) is 10.5 Å². The molecule has 0 N–H and O–H groups in total. The van der Waals surface area contributed by atoms with Gasteiger partial charge in [-0.2, -0.15) is 0 Å². The van der Waals surface area contributed by atoms with E-state index in [1.165, 1.54) is 10.5 Å². The van der Waals surface area contributed by atoms with Gasteiger partial charge in [-0.25, -0.2) is 0 Å². The number of hydrogen-bond donors (Lipinski definition) is 0. The van der Waals surface area contributed by atoms with E-state index in [9.17, 15) is 0 Å². The van der Waals surface area contributed by atoms with Crippen LogP contribution in [0.25, 0.3) is 0 Å². The van der Waals surface area contributed by atoms with E-state index >= 15 is 0 Å². The van der Waals surface area contributed by atoms with Gasteiger partial charge in [0.15, 0.2) is 0 Å². The zero-order valence-electron chi connectivity index (χ0n) is 2.67. The summed E-state index contributed by atoms with van der Waals surface area (Å²) in [6, 6.07) is 0. The van der Waals surface area contributed by atoms with Gasteiger partial charge in [-0.15, -0.1) is 0 Å². The van der Waals surface area contributed by atoms with E-state index in [1.54, 1.807) is 0 Å². The van der Waals surface area contributed by atoms with Crippen molar-refractivity contribution in [3.8, 4) is 0 Å². The summed E-state index contributed by atoms with van der Waals surface area (Å²) in [4.78, 5) is 0. The average Bonchev–Trinajstić information content (AvgIpc) is 1.76. The van der Waals surface area contributed by atoms with E-state index in [2.05, 4.69) is 0 Å². The molecule has 0 radical (unpaired) electrons. The summed E-state index contributed by atoms with van der Waals surface area (Å²) in [7, 11) is 11.2. The van der Waals surface area contributed by atoms with Gasteiger partial charge in [0.1, 0.15) is 0 Å². The molecule has 0 nitrogen and oxygen atoms in total. The van der Waals surface area contributed by atoms with Crippen LogP contribution in [-0.2, 0) is 0 Å². The van der Waals surface area contributed by atoms with Gasteiger partial charge < -0.3 is 0 Å². The molecule has 0 spiro atoms. The molecule has 5 heavy (non-hydrogen) atoms. The fraction of sp³-hybridized carbons (Fsp3) is 1.00. The summed E-state index contributed by atoms with van der Waals surface area (Å²) in [6.07, 6.45) is 0. The third-order valence-electron chi connectivity index (χ3n) is 0.628. The first kappa shape index (κ1) is 4.29. The normalized spacial score (nSPS) is 30.0. The first-order chi connectivity index (χ1) is 2.21. The molecule has 0 aliphatic carbocycles. The van der Waals surface area contributed by atoms with Crippen molar-refractivity contribution in [3.63, 3.8) is 0 Å². The van der Waals surface area contributed by atoms with Gasteiger partial charge in [-0.05, 0) is 0 Å². The van der Waals surface area contributed by atoms with E-state index in [0.29, 0.717) is 0 Å². The summed E-state index contributed by atoms with van der Waals surface area (Å²) >= 11 is -1.81. The summed E-state index contributed by atoms with van der Waals surface area (Å²) < 4.78 is 0. The fourth-order valence-electron chi connectivity index (χ4n) is 0.0945. The van der Waals surface area contributed by atoms with Crippen molar-refractivity contribution in [2.24, 2.45) is 0 Å². The predicted octanol–water partition coefficient (Wildman–Crippen LogP) is 1.92. The molecule has 0 aromatic rings. The Morgan fingerprint density at radius 1 is 1.20 bits per heavy atom. The van der Waals surface area contributed by atoms with Crippen LogP contribution in [0.2, 0.25) is 10.5 Å². The second-order valence-corrected chi connectivity index (χ2v) is 15.6. The van der Waals surface area contributed by atoms with Gasteiger partial charge >= 0.3 is 41.9 Å². The Morgan fingerprint density at radius 2 is 1.40 bits per heavy atom. The maximum absolute atomic E-state index is 5.59. The van der Waals surface area contributed by atoms with Gasteiger partial charge in [0.25, 0.3) is 0 Å². The molecule has 0 aromatic heterocycles. The van der Waals surface area contributed by atoms with Crippen molar-refractivity contribution in [1.29, 1.82) is 0 Å². The molecule has 0 bridgehead atoms. The van der Waals surface area contributed by atoms with Crippen molar-refractivity contribution in [3.05, 3.63) is 0 Å². The summed E-state index contributed by atoms with van der Waals surface area (Å²) in [5.41, 5.74) is 0. The Morgan fingerprint density at radius 3 is 1.40 bits per heavy atom. The molecule has 1 heterocycles. The van der Waals surface area contributed by atoms with E-state index in [1.807, 2.05) is 0 Å². The van der Waals surface area contributed by atoms with Gasteiger partial charge in [0.2, 0.25) is 0 Å². The first-order valence-corrected chi connectivity index (χ1v) is 10.1. The van der Waals surface area contributed by atoms with Gasteiger partial charge in [-0.3, -0.25) is 0 Å². The van der Waals surface area contributed by atoms with Crippen molar-refractivity contribution < 1.29 is 0 Å². The molecule has 30 valence electrons.